The number of benzene rings is 2. The molecule has 104 valence electrons. The standard InChI is InChI=1S/C17H20N2O/c1-3-13-8-10-15(11-9-13)19(2)17(20)12-14-6-4-5-7-16(14)18/h4-11H,3,12,18H2,1-2H3. The van der Waals surface area contributed by atoms with Gasteiger partial charge in [0.25, 0.3) is 0 Å². The zero-order valence-corrected chi connectivity index (χ0v) is 12.0. The third kappa shape index (κ3) is 3.18. The molecule has 0 saturated heterocycles. The maximum absolute atomic E-state index is 12.3. The van der Waals surface area contributed by atoms with Crippen molar-refractivity contribution in [3.05, 3.63) is 59.7 Å². The van der Waals surface area contributed by atoms with Crippen LogP contribution >= 0.6 is 0 Å². The lowest BCUT2D eigenvalue weighted by molar-refractivity contribution is -0.117. The number of amides is 1. The highest BCUT2D eigenvalue weighted by Gasteiger charge is 2.12. The number of hydrogen-bond acceptors (Lipinski definition) is 2. The van der Waals surface area contributed by atoms with Crippen LogP contribution in [0.2, 0.25) is 0 Å². The van der Waals surface area contributed by atoms with E-state index in [4.69, 9.17) is 5.73 Å². The normalized spacial score (nSPS) is 10.3. The van der Waals surface area contributed by atoms with Gasteiger partial charge in [0.05, 0.1) is 6.42 Å². The van der Waals surface area contributed by atoms with Gasteiger partial charge in [-0.2, -0.15) is 0 Å². The first-order valence-corrected chi connectivity index (χ1v) is 6.80. The predicted octanol–water partition coefficient (Wildman–Crippen LogP) is 3.04. The van der Waals surface area contributed by atoms with Crippen LogP contribution in [0.5, 0.6) is 0 Å². The second-order valence-electron chi connectivity index (χ2n) is 4.85. The largest absolute Gasteiger partial charge is 0.398 e. The van der Waals surface area contributed by atoms with Gasteiger partial charge in [-0.15, -0.1) is 0 Å². The second-order valence-corrected chi connectivity index (χ2v) is 4.85. The van der Waals surface area contributed by atoms with Crippen LogP contribution in [0.25, 0.3) is 0 Å². The summed E-state index contributed by atoms with van der Waals surface area (Å²) in [4.78, 5) is 14.0. The zero-order chi connectivity index (χ0) is 14.5. The molecular formula is C17H20N2O. The molecule has 0 atom stereocenters. The van der Waals surface area contributed by atoms with Crippen LogP contribution in [0.1, 0.15) is 18.1 Å². The molecule has 0 aromatic heterocycles. The number of hydrogen-bond donors (Lipinski definition) is 1. The molecule has 2 N–H and O–H groups in total. The molecule has 2 rings (SSSR count). The molecule has 0 saturated carbocycles. The van der Waals surface area contributed by atoms with Crippen LogP contribution in [0.3, 0.4) is 0 Å². The van der Waals surface area contributed by atoms with E-state index in [-0.39, 0.29) is 5.91 Å². The number of carbonyl (C=O) groups excluding carboxylic acids is 1. The van der Waals surface area contributed by atoms with Crippen LogP contribution in [0, 0.1) is 0 Å². The lowest BCUT2D eigenvalue weighted by Gasteiger charge is -2.18. The van der Waals surface area contributed by atoms with Crippen molar-refractivity contribution in [1.29, 1.82) is 0 Å². The first-order chi connectivity index (χ1) is 9.61. The molecule has 0 aliphatic carbocycles. The minimum Gasteiger partial charge on any atom is -0.398 e. The van der Waals surface area contributed by atoms with E-state index in [0.717, 1.165) is 17.7 Å². The predicted molar refractivity (Wildman–Crippen MR) is 83.8 cm³/mol. The average molecular weight is 268 g/mol. The van der Waals surface area contributed by atoms with Crippen molar-refractivity contribution in [3.63, 3.8) is 0 Å². The average Bonchev–Trinajstić information content (AvgIpc) is 2.49. The van der Waals surface area contributed by atoms with E-state index in [1.807, 2.05) is 36.4 Å². The number of carbonyl (C=O) groups is 1. The summed E-state index contributed by atoms with van der Waals surface area (Å²) in [6.45, 7) is 2.11. The van der Waals surface area contributed by atoms with Gasteiger partial charge in [0.15, 0.2) is 0 Å². The Labute approximate surface area is 120 Å². The van der Waals surface area contributed by atoms with Gasteiger partial charge in [-0.05, 0) is 35.7 Å². The van der Waals surface area contributed by atoms with E-state index in [1.54, 1.807) is 11.9 Å². The molecule has 1 amide bonds. The summed E-state index contributed by atoms with van der Waals surface area (Å²) in [6.07, 6.45) is 1.32. The minimum absolute atomic E-state index is 0.0344. The number of aryl methyl sites for hydroxylation is 1. The Morgan fingerprint density at radius 1 is 1.10 bits per heavy atom. The van der Waals surface area contributed by atoms with Crippen molar-refractivity contribution in [2.75, 3.05) is 17.7 Å². The second kappa shape index (κ2) is 6.24. The van der Waals surface area contributed by atoms with E-state index in [2.05, 4.69) is 19.1 Å². The SMILES string of the molecule is CCc1ccc(N(C)C(=O)Cc2ccccc2N)cc1. The number of nitrogens with two attached hydrogens (primary N) is 1. The molecule has 0 radical (unpaired) electrons. The van der Waals surface area contributed by atoms with Crippen molar-refractivity contribution >= 4 is 17.3 Å². The van der Waals surface area contributed by atoms with E-state index in [1.165, 1.54) is 5.56 Å². The van der Waals surface area contributed by atoms with Gasteiger partial charge in [-0.1, -0.05) is 37.3 Å². The summed E-state index contributed by atoms with van der Waals surface area (Å²) in [7, 11) is 1.79. The van der Waals surface area contributed by atoms with Crippen molar-refractivity contribution in [2.24, 2.45) is 0 Å². The van der Waals surface area contributed by atoms with Gasteiger partial charge in [-0.3, -0.25) is 4.79 Å². The van der Waals surface area contributed by atoms with Crippen molar-refractivity contribution < 1.29 is 4.79 Å². The summed E-state index contributed by atoms with van der Waals surface area (Å²) in [5.41, 5.74) is 9.58. The Hall–Kier alpha value is -2.29. The van der Waals surface area contributed by atoms with Crippen LogP contribution in [-0.2, 0) is 17.6 Å². The molecule has 0 bridgehead atoms. The summed E-state index contributed by atoms with van der Waals surface area (Å²) in [5.74, 6) is 0.0344. The Balaban J connectivity index is 2.10. The summed E-state index contributed by atoms with van der Waals surface area (Å²) in [6, 6.07) is 15.5. The minimum atomic E-state index is 0.0344. The topological polar surface area (TPSA) is 46.3 Å². The summed E-state index contributed by atoms with van der Waals surface area (Å²) in [5, 5.41) is 0. The maximum atomic E-state index is 12.3. The van der Waals surface area contributed by atoms with Gasteiger partial charge in [0, 0.05) is 18.4 Å². The fourth-order valence-electron chi connectivity index (χ4n) is 2.08. The van der Waals surface area contributed by atoms with E-state index in [9.17, 15) is 4.79 Å². The molecule has 0 spiro atoms. The molecule has 0 aliphatic heterocycles. The monoisotopic (exact) mass is 268 g/mol. The van der Waals surface area contributed by atoms with Gasteiger partial charge < -0.3 is 10.6 Å². The Morgan fingerprint density at radius 3 is 2.35 bits per heavy atom. The van der Waals surface area contributed by atoms with Crippen molar-refractivity contribution in [2.45, 2.75) is 19.8 Å². The number of nitrogens with zero attached hydrogens (tertiary/aromatic N) is 1. The molecular weight excluding hydrogens is 248 g/mol. The highest BCUT2D eigenvalue weighted by Crippen LogP contribution is 2.17. The van der Waals surface area contributed by atoms with Crippen LogP contribution in [-0.4, -0.2) is 13.0 Å². The van der Waals surface area contributed by atoms with Gasteiger partial charge >= 0.3 is 0 Å². The molecule has 3 heteroatoms. The van der Waals surface area contributed by atoms with E-state index < -0.39 is 0 Å². The smallest absolute Gasteiger partial charge is 0.231 e. The fraction of sp³-hybridized carbons (Fsp3) is 0.235. The molecule has 20 heavy (non-hydrogen) atoms. The highest BCUT2D eigenvalue weighted by atomic mass is 16.2. The third-order valence-corrected chi connectivity index (χ3v) is 3.50. The molecule has 3 nitrogen and oxygen atoms in total. The molecule has 0 aliphatic rings. The first-order valence-electron chi connectivity index (χ1n) is 6.80. The number of anilines is 2. The molecule has 2 aromatic rings. The number of nitrogen functional groups attached to an aromatic ring is 1. The van der Waals surface area contributed by atoms with Gasteiger partial charge in [0.1, 0.15) is 0 Å². The Bertz CT molecular complexity index is 590. The molecule has 0 heterocycles. The number of rotatable bonds is 4. The van der Waals surface area contributed by atoms with Crippen LogP contribution in [0.15, 0.2) is 48.5 Å². The Morgan fingerprint density at radius 2 is 1.75 bits per heavy atom. The quantitative estimate of drug-likeness (QED) is 0.866. The fourth-order valence-corrected chi connectivity index (χ4v) is 2.08. The van der Waals surface area contributed by atoms with Crippen molar-refractivity contribution in [1.82, 2.24) is 0 Å². The van der Waals surface area contributed by atoms with E-state index in [0.29, 0.717) is 12.1 Å². The molecule has 2 aromatic carbocycles. The molecule has 0 unspecified atom stereocenters. The highest BCUT2D eigenvalue weighted by molar-refractivity contribution is 5.94. The van der Waals surface area contributed by atoms with Crippen LogP contribution in [0.4, 0.5) is 11.4 Å². The summed E-state index contributed by atoms with van der Waals surface area (Å²) >= 11 is 0. The van der Waals surface area contributed by atoms with Crippen molar-refractivity contribution in [3.8, 4) is 0 Å². The molecule has 0 fully saturated rings. The lowest BCUT2D eigenvalue weighted by Crippen LogP contribution is -2.28. The Kier molecular flexibility index (Phi) is 4.41. The lowest BCUT2D eigenvalue weighted by atomic mass is 10.1. The zero-order valence-electron chi connectivity index (χ0n) is 12.0. The number of para-hydroxylation sites is 1. The van der Waals surface area contributed by atoms with E-state index >= 15 is 0 Å². The van der Waals surface area contributed by atoms with Gasteiger partial charge in [0.2, 0.25) is 5.91 Å². The third-order valence-electron chi connectivity index (χ3n) is 3.50. The van der Waals surface area contributed by atoms with Crippen LogP contribution < -0.4 is 10.6 Å². The number of likely N-dealkylation sites (N-methyl/N-ethyl adjacent to an activating group) is 1. The maximum Gasteiger partial charge on any atom is 0.231 e. The summed E-state index contributed by atoms with van der Waals surface area (Å²) < 4.78 is 0. The first kappa shape index (κ1) is 14.1. The van der Waals surface area contributed by atoms with Gasteiger partial charge in [-0.25, -0.2) is 0 Å².